The summed E-state index contributed by atoms with van der Waals surface area (Å²) in [5.74, 6) is -0.360. The van der Waals surface area contributed by atoms with Crippen LogP contribution in [0.4, 0.5) is 0 Å². The molecule has 0 aliphatic carbocycles. The molecular weight excluding hydrogens is 266 g/mol. The molecule has 110 valence electrons. The number of nitrogens with zero attached hydrogens (tertiary/aromatic N) is 3. The zero-order valence-corrected chi connectivity index (χ0v) is 11.4. The number of aliphatic carboxylic acids is 1. The normalized spacial score (nSPS) is 22.2. The first-order valence-electron chi connectivity index (χ1n) is 6.35. The van der Waals surface area contributed by atoms with E-state index in [2.05, 4.69) is 10.1 Å². The van der Waals surface area contributed by atoms with Crippen LogP contribution < -0.4 is 0 Å². The summed E-state index contributed by atoms with van der Waals surface area (Å²) in [4.78, 5) is 28.6. The van der Waals surface area contributed by atoms with Crippen molar-refractivity contribution in [3.63, 3.8) is 0 Å². The van der Waals surface area contributed by atoms with E-state index in [1.807, 2.05) is 0 Å². The highest BCUT2D eigenvalue weighted by atomic mass is 16.5. The molecule has 0 radical (unpaired) electrons. The largest absolute Gasteiger partial charge is 0.480 e. The molecule has 0 bridgehead atoms. The summed E-state index contributed by atoms with van der Waals surface area (Å²) in [6.45, 7) is 1.99. The van der Waals surface area contributed by atoms with Crippen molar-refractivity contribution in [2.45, 2.75) is 38.3 Å². The number of hydrogen-bond acceptors (Lipinski definition) is 6. The average molecular weight is 283 g/mol. The number of carboxylic acid groups (broad SMARTS) is 1. The molecular formula is C12H17N3O5. The number of ether oxygens (including phenoxy) is 1. The number of rotatable bonds is 5. The molecule has 1 aromatic rings. The lowest BCUT2D eigenvalue weighted by Crippen LogP contribution is -2.40. The van der Waals surface area contributed by atoms with Gasteiger partial charge in [0.1, 0.15) is 6.04 Å². The monoisotopic (exact) mass is 283 g/mol. The third-order valence-electron chi connectivity index (χ3n) is 3.32. The lowest BCUT2D eigenvalue weighted by molar-refractivity contribution is -0.148. The second kappa shape index (κ2) is 6.00. The predicted molar refractivity (Wildman–Crippen MR) is 65.9 cm³/mol. The highest BCUT2D eigenvalue weighted by Crippen LogP contribution is 2.21. The van der Waals surface area contributed by atoms with E-state index in [1.165, 1.54) is 12.0 Å². The Balaban J connectivity index is 1.95. The smallest absolute Gasteiger partial charge is 0.326 e. The van der Waals surface area contributed by atoms with Gasteiger partial charge in [-0.15, -0.1) is 0 Å². The quantitative estimate of drug-likeness (QED) is 0.811. The number of carbonyl (C=O) groups is 2. The molecule has 1 saturated heterocycles. The number of likely N-dealkylation sites (tertiary alicyclic amines) is 1. The van der Waals surface area contributed by atoms with Gasteiger partial charge in [-0.05, 0) is 6.92 Å². The second-order valence-corrected chi connectivity index (χ2v) is 4.73. The van der Waals surface area contributed by atoms with Gasteiger partial charge in [0.2, 0.25) is 11.8 Å². The fourth-order valence-corrected chi connectivity index (χ4v) is 2.28. The first kappa shape index (κ1) is 14.4. The number of hydrogen-bond donors (Lipinski definition) is 1. The first-order valence-corrected chi connectivity index (χ1v) is 6.35. The molecule has 0 saturated carbocycles. The van der Waals surface area contributed by atoms with Crippen molar-refractivity contribution in [1.29, 1.82) is 0 Å². The SMILES string of the molecule is COC1CC(C(=O)O)N(C(=O)CCc2nc(C)no2)C1. The average Bonchev–Trinajstić information content (AvgIpc) is 3.02. The van der Waals surface area contributed by atoms with Gasteiger partial charge in [0.15, 0.2) is 5.82 Å². The summed E-state index contributed by atoms with van der Waals surface area (Å²) in [6, 6.07) is -0.822. The molecule has 1 amide bonds. The van der Waals surface area contributed by atoms with Crippen molar-refractivity contribution >= 4 is 11.9 Å². The van der Waals surface area contributed by atoms with Crippen molar-refractivity contribution < 1.29 is 24.0 Å². The van der Waals surface area contributed by atoms with E-state index < -0.39 is 12.0 Å². The lowest BCUT2D eigenvalue weighted by atomic mass is 10.2. The maximum atomic E-state index is 12.1. The number of amides is 1. The maximum absolute atomic E-state index is 12.1. The van der Waals surface area contributed by atoms with Gasteiger partial charge in [-0.25, -0.2) is 4.79 Å². The van der Waals surface area contributed by atoms with Gasteiger partial charge < -0.3 is 19.3 Å². The number of aromatic nitrogens is 2. The van der Waals surface area contributed by atoms with Crippen LogP contribution in [0.1, 0.15) is 24.6 Å². The molecule has 2 rings (SSSR count). The van der Waals surface area contributed by atoms with Crippen LogP contribution in [-0.2, 0) is 20.7 Å². The van der Waals surface area contributed by atoms with Crippen LogP contribution in [0.3, 0.4) is 0 Å². The minimum atomic E-state index is -1.01. The molecule has 0 aromatic carbocycles. The van der Waals surface area contributed by atoms with Crippen molar-refractivity contribution in [1.82, 2.24) is 15.0 Å². The highest BCUT2D eigenvalue weighted by Gasteiger charge is 2.39. The van der Waals surface area contributed by atoms with Crippen molar-refractivity contribution in [3.8, 4) is 0 Å². The molecule has 0 spiro atoms. The molecule has 1 aliphatic heterocycles. The van der Waals surface area contributed by atoms with Crippen molar-refractivity contribution in [2.75, 3.05) is 13.7 Å². The molecule has 20 heavy (non-hydrogen) atoms. The third kappa shape index (κ3) is 3.13. The highest BCUT2D eigenvalue weighted by molar-refractivity contribution is 5.84. The molecule has 1 N–H and O–H groups in total. The second-order valence-electron chi connectivity index (χ2n) is 4.73. The van der Waals surface area contributed by atoms with E-state index in [1.54, 1.807) is 6.92 Å². The van der Waals surface area contributed by atoms with Crippen molar-refractivity contribution in [3.05, 3.63) is 11.7 Å². The number of carboxylic acids is 1. The van der Waals surface area contributed by atoms with Crippen LogP contribution in [-0.4, -0.2) is 57.8 Å². The first-order chi connectivity index (χ1) is 9.51. The fraction of sp³-hybridized carbons (Fsp3) is 0.667. The Morgan fingerprint density at radius 3 is 2.85 bits per heavy atom. The molecule has 2 unspecified atom stereocenters. The van der Waals surface area contributed by atoms with Crippen molar-refractivity contribution in [2.24, 2.45) is 0 Å². The maximum Gasteiger partial charge on any atom is 0.326 e. The van der Waals surface area contributed by atoms with Gasteiger partial charge in [0.25, 0.3) is 0 Å². The van der Waals surface area contributed by atoms with Crippen LogP contribution in [0.5, 0.6) is 0 Å². The number of aryl methyl sites for hydroxylation is 2. The van der Waals surface area contributed by atoms with Gasteiger partial charge in [0.05, 0.1) is 6.10 Å². The summed E-state index contributed by atoms with van der Waals surface area (Å²) in [7, 11) is 1.51. The summed E-state index contributed by atoms with van der Waals surface area (Å²) < 4.78 is 10.1. The topological polar surface area (TPSA) is 106 Å². The Hall–Kier alpha value is -1.96. The van der Waals surface area contributed by atoms with E-state index in [9.17, 15) is 9.59 Å². The number of carbonyl (C=O) groups excluding carboxylic acids is 1. The van der Waals surface area contributed by atoms with Crippen LogP contribution in [0, 0.1) is 6.92 Å². The lowest BCUT2D eigenvalue weighted by Gasteiger charge is -2.20. The van der Waals surface area contributed by atoms with E-state index in [-0.39, 0.29) is 18.4 Å². The number of methoxy groups -OCH3 is 1. The summed E-state index contributed by atoms with van der Waals surface area (Å²) in [5.41, 5.74) is 0. The van der Waals surface area contributed by atoms with E-state index in [0.29, 0.717) is 31.1 Å². The summed E-state index contributed by atoms with van der Waals surface area (Å²) in [5, 5.41) is 12.8. The Morgan fingerprint density at radius 2 is 2.30 bits per heavy atom. The van der Waals surface area contributed by atoms with Crippen LogP contribution in [0.15, 0.2) is 4.52 Å². The van der Waals surface area contributed by atoms with Gasteiger partial charge in [-0.1, -0.05) is 5.16 Å². The summed E-state index contributed by atoms with van der Waals surface area (Å²) >= 11 is 0. The molecule has 8 nitrogen and oxygen atoms in total. The Kier molecular flexibility index (Phi) is 4.33. The standard InChI is InChI=1S/C12H17N3O5/c1-7-13-10(20-14-7)3-4-11(16)15-6-8(19-2)5-9(15)12(17)18/h8-9H,3-6H2,1-2H3,(H,17,18). The third-order valence-corrected chi connectivity index (χ3v) is 3.32. The Labute approximate surface area is 115 Å². The molecule has 8 heteroatoms. The van der Waals surface area contributed by atoms with Crippen LogP contribution in [0.25, 0.3) is 0 Å². The van der Waals surface area contributed by atoms with Crippen LogP contribution in [0.2, 0.25) is 0 Å². The minimum absolute atomic E-state index is 0.141. The Morgan fingerprint density at radius 1 is 1.55 bits per heavy atom. The molecule has 1 fully saturated rings. The van der Waals surface area contributed by atoms with E-state index in [0.717, 1.165) is 0 Å². The predicted octanol–water partition coefficient (Wildman–Crippen LogP) is 0.0111. The molecule has 2 heterocycles. The van der Waals surface area contributed by atoms with Crippen LogP contribution >= 0.6 is 0 Å². The van der Waals surface area contributed by atoms with Gasteiger partial charge in [0, 0.05) is 32.9 Å². The fourth-order valence-electron chi connectivity index (χ4n) is 2.28. The van der Waals surface area contributed by atoms with E-state index in [4.69, 9.17) is 14.4 Å². The minimum Gasteiger partial charge on any atom is -0.480 e. The van der Waals surface area contributed by atoms with E-state index >= 15 is 0 Å². The van der Waals surface area contributed by atoms with Gasteiger partial charge in [-0.3, -0.25) is 4.79 Å². The van der Waals surface area contributed by atoms with Gasteiger partial charge >= 0.3 is 5.97 Å². The summed E-state index contributed by atoms with van der Waals surface area (Å²) in [6.07, 6.45) is 0.532. The molecule has 2 atom stereocenters. The van der Waals surface area contributed by atoms with Gasteiger partial charge in [-0.2, -0.15) is 4.98 Å². The zero-order valence-electron chi connectivity index (χ0n) is 11.4. The Bertz CT molecular complexity index is 501. The zero-order chi connectivity index (χ0) is 14.7. The molecule has 1 aromatic heterocycles. The molecule has 1 aliphatic rings.